The molecule has 1 aromatic rings. The molecule has 0 aliphatic rings. The van der Waals surface area contributed by atoms with Crippen molar-refractivity contribution in [2.75, 3.05) is 0 Å². The van der Waals surface area contributed by atoms with E-state index in [9.17, 15) is 4.79 Å². The smallest absolute Gasteiger partial charge is 0.270 e. The molecule has 1 atom stereocenters. The molecule has 0 aromatic carbocycles. The Morgan fingerprint density at radius 2 is 2.57 bits per heavy atom. The van der Waals surface area contributed by atoms with Gasteiger partial charge in [0.1, 0.15) is 5.69 Å². The summed E-state index contributed by atoms with van der Waals surface area (Å²) in [5.41, 5.74) is 0.469. The minimum Gasteiger partial charge on any atom is -0.347 e. The second kappa shape index (κ2) is 4.77. The third kappa shape index (κ3) is 2.86. The van der Waals surface area contributed by atoms with Crippen LogP contribution < -0.4 is 5.32 Å². The lowest BCUT2D eigenvalue weighted by molar-refractivity contribution is 0.0936. The number of carbonyl (C=O) groups excluding carboxylic acids is 1. The zero-order valence-electron chi connectivity index (χ0n) is 8.20. The van der Waals surface area contributed by atoms with E-state index in [4.69, 9.17) is 6.42 Å². The van der Waals surface area contributed by atoms with Gasteiger partial charge in [0.25, 0.3) is 5.91 Å². The number of nitrogens with one attached hydrogen (secondary N) is 1. The van der Waals surface area contributed by atoms with Crippen molar-refractivity contribution in [3.8, 4) is 12.3 Å². The summed E-state index contributed by atoms with van der Waals surface area (Å²) in [5, 5.41) is 5.41. The highest BCUT2D eigenvalue weighted by atomic mass is 32.1. The second-order valence-electron chi connectivity index (χ2n) is 3.03. The minimum absolute atomic E-state index is 0.00509. The molecular formula is C10H12N2OS. The van der Waals surface area contributed by atoms with Crippen molar-refractivity contribution >= 4 is 17.2 Å². The van der Waals surface area contributed by atoms with Crippen LogP contribution in [0, 0.1) is 19.3 Å². The summed E-state index contributed by atoms with van der Waals surface area (Å²) < 4.78 is 0. The second-order valence-corrected chi connectivity index (χ2v) is 4.10. The minimum atomic E-state index is -0.155. The van der Waals surface area contributed by atoms with Gasteiger partial charge >= 0.3 is 0 Å². The Hall–Kier alpha value is -1.34. The van der Waals surface area contributed by atoms with Gasteiger partial charge in [0, 0.05) is 17.8 Å². The molecule has 0 bridgehead atoms. The average Bonchev–Trinajstić information content (AvgIpc) is 2.52. The van der Waals surface area contributed by atoms with Crippen molar-refractivity contribution in [3.05, 3.63) is 16.1 Å². The predicted molar refractivity (Wildman–Crippen MR) is 57.2 cm³/mol. The average molecular weight is 208 g/mol. The van der Waals surface area contributed by atoms with Crippen LogP contribution >= 0.6 is 11.3 Å². The van der Waals surface area contributed by atoms with Crippen LogP contribution in [0.2, 0.25) is 0 Å². The lowest BCUT2D eigenvalue weighted by atomic mass is 10.2. The normalized spacial score (nSPS) is 11.8. The van der Waals surface area contributed by atoms with Gasteiger partial charge in [-0.1, -0.05) is 0 Å². The largest absolute Gasteiger partial charge is 0.347 e. The van der Waals surface area contributed by atoms with Gasteiger partial charge in [-0.25, -0.2) is 4.98 Å². The SMILES string of the molecule is C#CCC(C)NC(=O)c1csc(C)n1. The van der Waals surface area contributed by atoms with Gasteiger partial charge in [0.2, 0.25) is 0 Å². The highest BCUT2D eigenvalue weighted by molar-refractivity contribution is 7.09. The fraction of sp³-hybridized carbons (Fsp3) is 0.400. The molecule has 4 heteroatoms. The van der Waals surface area contributed by atoms with Gasteiger partial charge < -0.3 is 5.32 Å². The van der Waals surface area contributed by atoms with E-state index in [1.165, 1.54) is 11.3 Å². The van der Waals surface area contributed by atoms with Gasteiger partial charge in [0.15, 0.2) is 0 Å². The van der Waals surface area contributed by atoms with Crippen LogP contribution in [0.5, 0.6) is 0 Å². The van der Waals surface area contributed by atoms with Crippen LogP contribution in [0.25, 0.3) is 0 Å². The first-order valence-corrected chi connectivity index (χ1v) is 5.18. The summed E-state index contributed by atoms with van der Waals surface area (Å²) in [6, 6.07) is -0.00509. The van der Waals surface area contributed by atoms with Crippen LogP contribution in [-0.4, -0.2) is 16.9 Å². The van der Waals surface area contributed by atoms with E-state index in [0.29, 0.717) is 12.1 Å². The Labute approximate surface area is 87.6 Å². The summed E-state index contributed by atoms with van der Waals surface area (Å²) in [6.45, 7) is 3.74. The molecule has 1 unspecified atom stereocenters. The van der Waals surface area contributed by atoms with Gasteiger partial charge in [-0.3, -0.25) is 4.79 Å². The highest BCUT2D eigenvalue weighted by Crippen LogP contribution is 2.07. The maximum absolute atomic E-state index is 11.5. The summed E-state index contributed by atoms with van der Waals surface area (Å²) in [7, 11) is 0. The number of carbonyl (C=O) groups is 1. The van der Waals surface area contributed by atoms with Crippen LogP contribution in [0.15, 0.2) is 5.38 Å². The summed E-state index contributed by atoms with van der Waals surface area (Å²) in [5.74, 6) is 2.34. The molecule has 3 nitrogen and oxygen atoms in total. The van der Waals surface area contributed by atoms with E-state index >= 15 is 0 Å². The van der Waals surface area contributed by atoms with Crippen molar-refractivity contribution in [2.24, 2.45) is 0 Å². The third-order valence-electron chi connectivity index (χ3n) is 1.65. The first-order valence-electron chi connectivity index (χ1n) is 4.30. The summed E-state index contributed by atoms with van der Waals surface area (Å²) in [6.07, 6.45) is 5.67. The van der Waals surface area contributed by atoms with Gasteiger partial charge in [-0.2, -0.15) is 0 Å². The molecule has 0 spiro atoms. The molecule has 1 N–H and O–H groups in total. The molecule has 14 heavy (non-hydrogen) atoms. The van der Waals surface area contributed by atoms with Crippen molar-refractivity contribution in [3.63, 3.8) is 0 Å². The van der Waals surface area contributed by atoms with Crippen LogP contribution in [0.1, 0.15) is 28.8 Å². The van der Waals surface area contributed by atoms with Crippen molar-refractivity contribution in [1.82, 2.24) is 10.3 Å². The molecule has 1 heterocycles. The van der Waals surface area contributed by atoms with Crippen LogP contribution in [-0.2, 0) is 0 Å². The van der Waals surface area contributed by atoms with E-state index in [2.05, 4.69) is 16.2 Å². The van der Waals surface area contributed by atoms with Crippen LogP contribution in [0.4, 0.5) is 0 Å². The number of amides is 1. The molecule has 1 rings (SSSR count). The van der Waals surface area contributed by atoms with Crippen molar-refractivity contribution < 1.29 is 4.79 Å². The maximum atomic E-state index is 11.5. The number of rotatable bonds is 3. The quantitative estimate of drug-likeness (QED) is 0.766. The first-order chi connectivity index (χ1) is 6.63. The van der Waals surface area contributed by atoms with E-state index in [-0.39, 0.29) is 11.9 Å². The summed E-state index contributed by atoms with van der Waals surface area (Å²) >= 11 is 1.46. The van der Waals surface area contributed by atoms with Gasteiger partial charge in [0.05, 0.1) is 5.01 Å². The zero-order chi connectivity index (χ0) is 10.6. The third-order valence-corrected chi connectivity index (χ3v) is 2.43. The van der Waals surface area contributed by atoms with Crippen molar-refractivity contribution in [2.45, 2.75) is 26.3 Å². The fourth-order valence-electron chi connectivity index (χ4n) is 0.993. The fourth-order valence-corrected chi connectivity index (χ4v) is 1.59. The van der Waals surface area contributed by atoms with Gasteiger partial charge in [-0.05, 0) is 13.8 Å². The number of nitrogens with zero attached hydrogens (tertiary/aromatic N) is 1. The molecule has 0 aliphatic carbocycles. The number of hydrogen-bond acceptors (Lipinski definition) is 3. The Bertz CT molecular complexity index is 364. The summed E-state index contributed by atoms with van der Waals surface area (Å²) in [4.78, 5) is 15.6. The molecule has 1 amide bonds. The zero-order valence-corrected chi connectivity index (χ0v) is 9.02. The first kappa shape index (κ1) is 10.7. The molecule has 74 valence electrons. The van der Waals surface area contributed by atoms with E-state index in [1.54, 1.807) is 5.38 Å². The highest BCUT2D eigenvalue weighted by Gasteiger charge is 2.11. The van der Waals surface area contributed by atoms with E-state index in [0.717, 1.165) is 5.01 Å². The number of aromatic nitrogens is 1. The van der Waals surface area contributed by atoms with Crippen LogP contribution in [0.3, 0.4) is 0 Å². The maximum Gasteiger partial charge on any atom is 0.270 e. The Balaban J connectivity index is 2.55. The molecule has 0 aliphatic heterocycles. The Kier molecular flexibility index (Phi) is 3.66. The topological polar surface area (TPSA) is 42.0 Å². The number of hydrogen-bond donors (Lipinski definition) is 1. The molecular weight excluding hydrogens is 196 g/mol. The van der Waals surface area contributed by atoms with Gasteiger partial charge in [-0.15, -0.1) is 23.7 Å². The molecule has 0 saturated carbocycles. The standard InChI is InChI=1S/C10H12N2OS/c1-4-5-7(2)11-10(13)9-6-14-8(3)12-9/h1,6-7H,5H2,2-3H3,(H,11,13). The Morgan fingerprint density at radius 1 is 1.86 bits per heavy atom. The predicted octanol–water partition coefficient (Wildman–Crippen LogP) is 1.59. The number of thiazole rings is 1. The lowest BCUT2D eigenvalue weighted by Crippen LogP contribution is -2.32. The molecule has 1 aromatic heterocycles. The monoisotopic (exact) mass is 208 g/mol. The molecule has 0 fully saturated rings. The Morgan fingerprint density at radius 3 is 3.07 bits per heavy atom. The van der Waals surface area contributed by atoms with E-state index in [1.807, 2.05) is 13.8 Å². The number of aryl methyl sites for hydroxylation is 1. The number of terminal acetylenes is 1. The van der Waals surface area contributed by atoms with Crippen molar-refractivity contribution in [1.29, 1.82) is 0 Å². The molecule has 0 radical (unpaired) electrons. The lowest BCUT2D eigenvalue weighted by Gasteiger charge is -2.08. The van der Waals surface area contributed by atoms with E-state index < -0.39 is 0 Å². The molecule has 0 saturated heterocycles.